The zero-order chi connectivity index (χ0) is 11.6. The molecule has 0 saturated carbocycles. The molecule has 0 heterocycles. The van der Waals surface area contributed by atoms with Gasteiger partial charge in [0.15, 0.2) is 0 Å². The van der Waals surface area contributed by atoms with E-state index in [1.165, 1.54) is 11.1 Å². The van der Waals surface area contributed by atoms with Crippen molar-refractivity contribution >= 4 is 17.2 Å². The van der Waals surface area contributed by atoms with Crippen molar-refractivity contribution in [1.29, 1.82) is 0 Å². The Morgan fingerprint density at radius 3 is 2.33 bits per heavy atom. The second kappa shape index (κ2) is 4.31. The van der Waals surface area contributed by atoms with Gasteiger partial charge in [0.2, 0.25) is 0 Å². The lowest BCUT2D eigenvalue weighted by Crippen LogP contribution is -2.19. The molecule has 15 heavy (non-hydrogen) atoms. The number of nitrogens with one attached hydrogen (secondary N) is 1. The first-order chi connectivity index (χ1) is 6.86. The van der Waals surface area contributed by atoms with Gasteiger partial charge in [-0.05, 0) is 29.5 Å². The molecule has 0 spiro atoms. The fourth-order valence-electron chi connectivity index (χ4n) is 1.47. The van der Waals surface area contributed by atoms with E-state index in [4.69, 9.17) is 12.2 Å². The molecule has 0 unspecified atom stereocenters. The molecular weight excluding hydrogens is 202 g/mol. The Kier molecular flexibility index (Phi) is 3.50. The highest BCUT2D eigenvalue weighted by Crippen LogP contribution is 2.24. The summed E-state index contributed by atoms with van der Waals surface area (Å²) in [5, 5.41) is 3.03. The molecule has 0 saturated heterocycles. The minimum atomic E-state index is 0.172. The summed E-state index contributed by atoms with van der Waals surface area (Å²) in [5.41, 5.74) is 3.86. The lowest BCUT2D eigenvalue weighted by molar-refractivity contribution is 0.590. The summed E-state index contributed by atoms with van der Waals surface area (Å²) in [6.45, 7) is 8.73. The quantitative estimate of drug-likeness (QED) is 0.731. The maximum absolute atomic E-state index is 5.28. The topological polar surface area (TPSA) is 12.0 Å². The van der Waals surface area contributed by atoms with Crippen LogP contribution in [-0.2, 0) is 5.41 Å². The van der Waals surface area contributed by atoms with Gasteiger partial charge >= 0.3 is 0 Å². The summed E-state index contributed by atoms with van der Waals surface area (Å²) < 4.78 is 0. The molecule has 1 N–H and O–H groups in total. The molecule has 82 valence electrons. The van der Waals surface area contributed by atoms with E-state index in [-0.39, 0.29) is 5.41 Å². The first kappa shape index (κ1) is 12.2. The molecule has 0 radical (unpaired) electrons. The predicted molar refractivity (Wildman–Crippen MR) is 70.6 cm³/mol. The van der Waals surface area contributed by atoms with E-state index >= 15 is 0 Å². The van der Waals surface area contributed by atoms with Crippen LogP contribution < -0.4 is 5.32 Å². The van der Waals surface area contributed by atoms with Gasteiger partial charge in [-0.3, -0.25) is 0 Å². The molecule has 0 amide bonds. The monoisotopic (exact) mass is 221 g/mol. The summed E-state index contributed by atoms with van der Waals surface area (Å²) in [6.07, 6.45) is 0. The van der Waals surface area contributed by atoms with Crippen molar-refractivity contribution in [2.24, 2.45) is 0 Å². The van der Waals surface area contributed by atoms with Crippen molar-refractivity contribution in [3.05, 3.63) is 34.9 Å². The van der Waals surface area contributed by atoms with Crippen molar-refractivity contribution in [1.82, 2.24) is 5.32 Å². The maximum Gasteiger partial charge on any atom is 0.106 e. The van der Waals surface area contributed by atoms with E-state index in [1.807, 2.05) is 7.05 Å². The standard InChI is InChI=1S/C13H19NS/c1-9-6-7-10(13(2,3)4)8-11(9)12(15)14-5/h6-8H,1-5H3,(H,14,15). The molecule has 2 heteroatoms. The van der Waals surface area contributed by atoms with Gasteiger partial charge < -0.3 is 5.32 Å². The van der Waals surface area contributed by atoms with E-state index in [1.54, 1.807) is 0 Å². The van der Waals surface area contributed by atoms with Crippen molar-refractivity contribution < 1.29 is 0 Å². The molecule has 0 aliphatic carbocycles. The predicted octanol–water partition coefficient (Wildman–Crippen LogP) is 3.19. The lowest BCUT2D eigenvalue weighted by Gasteiger charge is -2.21. The van der Waals surface area contributed by atoms with Crippen LogP contribution in [0.4, 0.5) is 0 Å². The molecule has 0 atom stereocenters. The molecule has 0 bridgehead atoms. The summed E-state index contributed by atoms with van der Waals surface area (Å²) in [4.78, 5) is 0.818. The normalized spacial score (nSPS) is 11.3. The lowest BCUT2D eigenvalue weighted by atomic mass is 9.85. The average molecular weight is 221 g/mol. The van der Waals surface area contributed by atoms with Crippen LogP contribution in [0.5, 0.6) is 0 Å². The summed E-state index contributed by atoms with van der Waals surface area (Å²) >= 11 is 5.28. The fraction of sp³-hybridized carbons (Fsp3) is 0.462. The van der Waals surface area contributed by atoms with Crippen LogP contribution >= 0.6 is 12.2 Å². The molecule has 1 nitrogen and oxygen atoms in total. The Balaban J connectivity index is 3.23. The van der Waals surface area contributed by atoms with Gasteiger partial charge in [-0.15, -0.1) is 0 Å². The van der Waals surface area contributed by atoms with Crippen LogP contribution in [0.2, 0.25) is 0 Å². The van der Waals surface area contributed by atoms with Crippen molar-refractivity contribution in [3.63, 3.8) is 0 Å². The first-order valence-corrected chi connectivity index (χ1v) is 5.60. The largest absolute Gasteiger partial charge is 0.379 e. The molecule has 0 aliphatic rings. The van der Waals surface area contributed by atoms with E-state index in [9.17, 15) is 0 Å². The summed E-state index contributed by atoms with van der Waals surface area (Å²) in [7, 11) is 1.87. The van der Waals surface area contributed by atoms with E-state index in [0.29, 0.717) is 0 Å². The van der Waals surface area contributed by atoms with Crippen LogP contribution in [-0.4, -0.2) is 12.0 Å². The minimum Gasteiger partial charge on any atom is -0.379 e. The van der Waals surface area contributed by atoms with Gasteiger partial charge in [0.1, 0.15) is 4.99 Å². The average Bonchev–Trinajstić information content (AvgIpc) is 2.15. The third-order valence-electron chi connectivity index (χ3n) is 2.58. The van der Waals surface area contributed by atoms with Gasteiger partial charge in [-0.1, -0.05) is 45.1 Å². The number of rotatable bonds is 1. The number of hydrogen-bond acceptors (Lipinski definition) is 1. The van der Waals surface area contributed by atoms with Gasteiger partial charge in [-0.25, -0.2) is 0 Å². The van der Waals surface area contributed by atoms with Crippen LogP contribution in [0.25, 0.3) is 0 Å². The number of benzene rings is 1. The zero-order valence-corrected chi connectivity index (χ0v) is 11.0. The molecule has 0 aromatic heterocycles. The Morgan fingerprint density at radius 2 is 1.87 bits per heavy atom. The molecule has 0 aliphatic heterocycles. The number of thiocarbonyl (C=S) groups is 1. The highest BCUT2D eigenvalue weighted by atomic mass is 32.1. The van der Waals surface area contributed by atoms with Gasteiger partial charge in [0.05, 0.1) is 0 Å². The van der Waals surface area contributed by atoms with Crippen LogP contribution in [0.3, 0.4) is 0 Å². The highest BCUT2D eigenvalue weighted by molar-refractivity contribution is 7.80. The number of hydrogen-bond donors (Lipinski definition) is 1. The second-order valence-electron chi connectivity index (χ2n) is 4.86. The van der Waals surface area contributed by atoms with Crippen molar-refractivity contribution in [3.8, 4) is 0 Å². The van der Waals surface area contributed by atoms with Crippen molar-refractivity contribution in [2.45, 2.75) is 33.1 Å². The Morgan fingerprint density at radius 1 is 1.27 bits per heavy atom. The molecule has 0 fully saturated rings. The Labute approximate surface area is 97.9 Å². The first-order valence-electron chi connectivity index (χ1n) is 5.19. The summed E-state index contributed by atoms with van der Waals surface area (Å²) in [6, 6.07) is 6.50. The zero-order valence-electron chi connectivity index (χ0n) is 10.1. The van der Waals surface area contributed by atoms with Crippen LogP contribution in [0.1, 0.15) is 37.5 Å². The molecule has 1 aromatic carbocycles. The van der Waals surface area contributed by atoms with E-state index in [0.717, 1.165) is 10.6 Å². The van der Waals surface area contributed by atoms with Crippen molar-refractivity contribution in [2.75, 3.05) is 7.05 Å². The summed E-state index contributed by atoms with van der Waals surface area (Å²) in [5.74, 6) is 0. The second-order valence-corrected chi connectivity index (χ2v) is 5.27. The Hall–Kier alpha value is -0.890. The highest BCUT2D eigenvalue weighted by Gasteiger charge is 2.15. The molecule has 1 rings (SSSR count). The third-order valence-corrected chi connectivity index (χ3v) is 3.00. The molecular formula is C13H19NS. The molecule has 1 aromatic rings. The van der Waals surface area contributed by atoms with Gasteiger partial charge in [0, 0.05) is 12.6 Å². The minimum absolute atomic E-state index is 0.172. The number of aryl methyl sites for hydroxylation is 1. The Bertz CT molecular complexity index is 375. The SMILES string of the molecule is CNC(=S)c1cc(C(C)(C)C)ccc1C. The van der Waals surface area contributed by atoms with Crippen LogP contribution in [0, 0.1) is 6.92 Å². The third kappa shape index (κ3) is 2.78. The van der Waals surface area contributed by atoms with E-state index < -0.39 is 0 Å². The van der Waals surface area contributed by atoms with Gasteiger partial charge in [-0.2, -0.15) is 0 Å². The van der Waals surface area contributed by atoms with Gasteiger partial charge in [0.25, 0.3) is 0 Å². The van der Waals surface area contributed by atoms with E-state index in [2.05, 4.69) is 51.2 Å². The fourth-order valence-corrected chi connectivity index (χ4v) is 1.69. The maximum atomic E-state index is 5.28. The van der Waals surface area contributed by atoms with Crippen LogP contribution in [0.15, 0.2) is 18.2 Å². The smallest absolute Gasteiger partial charge is 0.106 e.